The van der Waals surface area contributed by atoms with Crippen LogP contribution in [0.1, 0.15) is 17.3 Å². The fourth-order valence-electron chi connectivity index (χ4n) is 1.17. The molecule has 0 aliphatic rings. The van der Waals surface area contributed by atoms with E-state index in [4.69, 9.17) is 5.26 Å². The molecule has 0 spiro atoms. The molecule has 0 radical (unpaired) electrons. The first-order valence-electron chi connectivity index (χ1n) is 4.85. The van der Waals surface area contributed by atoms with Crippen molar-refractivity contribution in [1.29, 1.82) is 5.26 Å². The molecule has 0 saturated carbocycles. The van der Waals surface area contributed by atoms with Gasteiger partial charge in [-0.15, -0.1) is 0 Å². The Morgan fingerprint density at radius 2 is 1.88 bits per heavy atom. The van der Waals surface area contributed by atoms with Crippen LogP contribution in [0.15, 0.2) is 29.2 Å². The zero-order valence-electron chi connectivity index (χ0n) is 9.47. The molecule has 0 heterocycles. The van der Waals surface area contributed by atoms with Gasteiger partial charge in [0.25, 0.3) is 5.91 Å². The molecule has 0 saturated heterocycles. The van der Waals surface area contributed by atoms with Crippen molar-refractivity contribution in [2.75, 3.05) is 6.26 Å². The molecule has 17 heavy (non-hydrogen) atoms. The first kappa shape index (κ1) is 13.2. The van der Waals surface area contributed by atoms with Crippen LogP contribution in [-0.4, -0.2) is 26.6 Å². The van der Waals surface area contributed by atoms with Crippen LogP contribution < -0.4 is 5.32 Å². The second-order valence-electron chi connectivity index (χ2n) is 3.62. The van der Waals surface area contributed by atoms with E-state index in [2.05, 4.69) is 5.32 Å². The lowest BCUT2D eigenvalue weighted by atomic mass is 10.2. The Morgan fingerprint density at radius 3 is 2.29 bits per heavy atom. The summed E-state index contributed by atoms with van der Waals surface area (Å²) in [5, 5.41) is 11.0. The van der Waals surface area contributed by atoms with E-state index in [-0.39, 0.29) is 4.90 Å². The Hall–Kier alpha value is -1.87. The summed E-state index contributed by atoms with van der Waals surface area (Å²) in [7, 11) is -3.26. The van der Waals surface area contributed by atoms with Crippen molar-refractivity contribution in [2.24, 2.45) is 0 Å². The van der Waals surface area contributed by atoms with Crippen molar-refractivity contribution in [3.8, 4) is 6.07 Å². The van der Waals surface area contributed by atoms with Gasteiger partial charge in [0, 0.05) is 11.8 Å². The number of carbonyl (C=O) groups is 1. The smallest absolute Gasteiger partial charge is 0.252 e. The van der Waals surface area contributed by atoms with Gasteiger partial charge in [0.05, 0.1) is 11.0 Å². The van der Waals surface area contributed by atoms with E-state index >= 15 is 0 Å². The highest BCUT2D eigenvalue weighted by Crippen LogP contribution is 2.10. The van der Waals surface area contributed by atoms with Crippen LogP contribution in [-0.2, 0) is 9.84 Å². The van der Waals surface area contributed by atoms with E-state index in [1.807, 2.05) is 6.07 Å². The van der Waals surface area contributed by atoms with Crippen molar-refractivity contribution < 1.29 is 13.2 Å². The van der Waals surface area contributed by atoms with Gasteiger partial charge in [-0.1, -0.05) is 0 Å². The number of rotatable bonds is 3. The lowest BCUT2D eigenvalue weighted by Gasteiger charge is -2.06. The predicted molar refractivity (Wildman–Crippen MR) is 62.1 cm³/mol. The largest absolute Gasteiger partial charge is 0.337 e. The third-order valence-electron chi connectivity index (χ3n) is 2.09. The van der Waals surface area contributed by atoms with E-state index in [9.17, 15) is 13.2 Å². The molecule has 1 atom stereocenters. The molecule has 1 rings (SSSR count). The van der Waals surface area contributed by atoms with Crippen LogP contribution >= 0.6 is 0 Å². The monoisotopic (exact) mass is 252 g/mol. The molecule has 0 aromatic heterocycles. The summed E-state index contributed by atoms with van der Waals surface area (Å²) in [6.45, 7) is 1.56. The maximum Gasteiger partial charge on any atom is 0.252 e. The first-order valence-corrected chi connectivity index (χ1v) is 6.74. The Labute approximate surface area is 100.0 Å². The van der Waals surface area contributed by atoms with Crippen LogP contribution in [0.4, 0.5) is 0 Å². The normalized spacial score (nSPS) is 12.5. The molecule has 1 aromatic carbocycles. The van der Waals surface area contributed by atoms with Crippen molar-refractivity contribution in [1.82, 2.24) is 5.32 Å². The van der Waals surface area contributed by atoms with Crippen molar-refractivity contribution in [2.45, 2.75) is 17.9 Å². The molecule has 1 aromatic rings. The van der Waals surface area contributed by atoms with Crippen molar-refractivity contribution in [3.05, 3.63) is 29.8 Å². The molecular formula is C11H12N2O3S. The number of hydrogen-bond donors (Lipinski definition) is 1. The number of nitrogens with zero attached hydrogens (tertiary/aromatic N) is 1. The molecule has 1 unspecified atom stereocenters. The minimum atomic E-state index is -3.26. The summed E-state index contributed by atoms with van der Waals surface area (Å²) in [5.41, 5.74) is 0.319. The second kappa shape index (κ2) is 4.97. The number of benzene rings is 1. The Bertz CT molecular complexity index is 555. The zero-order chi connectivity index (χ0) is 13.1. The minimum Gasteiger partial charge on any atom is -0.337 e. The third-order valence-corrected chi connectivity index (χ3v) is 3.21. The minimum absolute atomic E-state index is 0.155. The van der Waals surface area contributed by atoms with Crippen LogP contribution in [0.2, 0.25) is 0 Å². The highest BCUT2D eigenvalue weighted by Gasteiger charge is 2.11. The summed E-state index contributed by atoms with van der Waals surface area (Å²) in [4.78, 5) is 11.7. The number of carbonyl (C=O) groups excluding carboxylic acids is 1. The summed E-state index contributed by atoms with van der Waals surface area (Å²) in [6.07, 6.45) is 1.10. The quantitative estimate of drug-likeness (QED) is 0.859. The van der Waals surface area contributed by atoms with Crippen molar-refractivity contribution >= 4 is 15.7 Å². The second-order valence-corrected chi connectivity index (χ2v) is 5.64. The van der Waals surface area contributed by atoms with Gasteiger partial charge in [-0.2, -0.15) is 5.26 Å². The van der Waals surface area contributed by atoms with Gasteiger partial charge in [-0.3, -0.25) is 4.79 Å². The first-order chi connectivity index (χ1) is 7.84. The summed E-state index contributed by atoms with van der Waals surface area (Å²) >= 11 is 0. The Kier molecular flexibility index (Phi) is 3.86. The van der Waals surface area contributed by atoms with E-state index < -0.39 is 21.8 Å². The molecule has 0 fully saturated rings. The molecule has 5 nitrogen and oxygen atoms in total. The van der Waals surface area contributed by atoms with Crippen LogP contribution in [0.25, 0.3) is 0 Å². The summed E-state index contributed by atoms with van der Waals surface area (Å²) < 4.78 is 22.4. The van der Waals surface area contributed by atoms with Gasteiger partial charge in [-0.05, 0) is 31.2 Å². The lowest BCUT2D eigenvalue weighted by molar-refractivity contribution is 0.0947. The number of nitriles is 1. The van der Waals surface area contributed by atoms with Crippen LogP contribution in [0.3, 0.4) is 0 Å². The van der Waals surface area contributed by atoms with Gasteiger partial charge < -0.3 is 5.32 Å². The maximum atomic E-state index is 11.6. The van der Waals surface area contributed by atoms with Gasteiger partial charge >= 0.3 is 0 Å². The Morgan fingerprint density at radius 1 is 1.35 bits per heavy atom. The van der Waals surface area contributed by atoms with E-state index in [1.165, 1.54) is 24.3 Å². The van der Waals surface area contributed by atoms with E-state index in [0.29, 0.717) is 5.56 Å². The average molecular weight is 252 g/mol. The molecule has 0 bridgehead atoms. The standard InChI is InChI=1S/C11H12N2O3S/c1-8(7-12)13-11(14)9-3-5-10(6-4-9)17(2,15)16/h3-6,8H,1-2H3,(H,13,14). The van der Waals surface area contributed by atoms with Gasteiger partial charge in [-0.25, -0.2) is 8.42 Å². The number of nitrogens with one attached hydrogen (secondary N) is 1. The third kappa shape index (κ3) is 3.57. The topological polar surface area (TPSA) is 87.0 Å². The molecular weight excluding hydrogens is 240 g/mol. The highest BCUT2D eigenvalue weighted by atomic mass is 32.2. The van der Waals surface area contributed by atoms with Gasteiger partial charge in [0.1, 0.15) is 6.04 Å². The fraction of sp³-hybridized carbons (Fsp3) is 0.273. The average Bonchev–Trinajstić information content (AvgIpc) is 2.27. The van der Waals surface area contributed by atoms with Crippen molar-refractivity contribution in [3.63, 3.8) is 0 Å². The lowest BCUT2D eigenvalue weighted by Crippen LogP contribution is -2.31. The molecule has 6 heteroatoms. The van der Waals surface area contributed by atoms with Gasteiger partial charge in [0.15, 0.2) is 9.84 Å². The highest BCUT2D eigenvalue weighted by molar-refractivity contribution is 7.90. The predicted octanol–water partition coefficient (Wildman–Crippen LogP) is 0.732. The number of amides is 1. The molecule has 0 aliphatic carbocycles. The summed E-state index contributed by atoms with van der Waals surface area (Å²) in [6, 6.07) is 6.84. The number of hydrogen-bond acceptors (Lipinski definition) is 4. The SMILES string of the molecule is CC(C#N)NC(=O)c1ccc(S(C)(=O)=O)cc1. The zero-order valence-corrected chi connectivity index (χ0v) is 10.3. The molecule has 1 N–H and O–H groups in total. The van der Waals surface area contributed by atoms with Crippen LogP contribution in [0, 0.1) is 11.3 Å². The number of sulfone groups is 1. The van der Waals surface area contributed by atoms with Gasteiger partial charge in [0.2, 0.25) is 0 Å². The summed E-state index contributed by atoms with van der Waals surface area (Å²) in [5.74, 6) is -0.404. The fourth-order valence-corrected chi connectivity index (χ4v) is 1.80. The van der Waals surface area contributed by atoms with Crippen LogP contribution in [0.5, 0.6) is 0 Å². The molecule has 0 aliphatic heterocycles. The Balaban J connectivity index is 2.89. The molecule has 1 amide bonds. The molecule has 90 valence electrons. The van der Waals surface area contributed by atoms with E-state index in [0.717, 1.165) is 6.26 Å². The van der Waals surface area contributed by atoms with E-state index in [1.54, 1.807) is 6.92 Å². The maximum absolute atomic E-state index is 11.6.